The Morgan fingerprint density at radius 3 is 2.73 bits per heavy atom. The van der Waals surface area contributed by atoms with Crippen LogP contribution in [0.3, 0.4) is 0 Å². The Bertz CT molecular complexity index is 1400. The summed E-state index contributed by atoms with van der Waals surface area (Å²) in [6, 6.07) is 12.8. The molecule has 0 spiro atoms. The number of nitrogens with zero attached hydrogens (tertiary/aromatic N) is 1. The van der Waals surface area contributed by atoms with Crippen LogP contribution in [0.4, 0.5) is 14.9 Å². The fourth-order valence-electron chi connectivity index (χ4n) is 3.22. The maximum atomic E-state index is 13.7. The molecule has 9 heteroatoms. The molecule has 166 valence electrons. The van der Waals surface area contributed by atoms with Crippen LogP contribution >= 0.6 is 0 Å². The molecule has 0 radical (unpaired) electrons. The molecule has 8 nitrogen and oxygen atoms in total. The van der Waals surface area contributed by atoms with Gasteiger partial charge in [0.2, 0.25) is 0 Å². The highest BCUT2D eigenvalue weighted by Crippen LogP contribution is 2.31. The van der Waals surface area contributed by atoms with Gasteiger partial charge < -0.3 is 14.5 Å². The van der Waals surface area contributed by atoms with Gasteiger partial charge in [-0.1, -0.05) is 0 Å². The molecule has 33 heavy (non-hydrogen) atoms. The molecule has 0 fully saturated rings. The number of anilines is 1. The van der Waals surface area contributed by atoms with Crippen molar-refractivity contribution in [3.05, 3.63) is 88.6 Å². The Labute approximate surface area is 187 Å². The van der Waals surface area contributed by atoms with Gasteiger partial charge in [-0.3, -0.25) is 15.1 Å². The minimum Gasteiger partial charge on any atom is -0.450 e. The van der Waals surface area contributed by atoms with E-state index in [1.165, 1.54) is 48.8 Å². The lowest BCUT2D eigenvalue weighted by Gasteiger charge is -2.14. The van der Waals surface area contributed by atoms with Crippen molar-refractivity contribution in [1.82, 2.24) is 9.97 Å². The van der Waals surface area contributed by atoms with Gasteiger partial charge in [-0.2, -0.15) is 0 Å². The van der Waals surface area contributed by atoms with Crippen LogP contribution in [0.5, 0.6) is 5.75 Å². The summed E-state index contributed by atoms with van der Waals surface area (Å²) in [5.74, 6) is -0.987. The number of aromatic amines is 1. The monoisotopic (exact) mass is 447 g/mol. The van der Waals surface area contributed by atoms with E-state index in [-0.39, 0.29) is 29.0 Å². The Kier molecular flexibility index (Phi) is 6.12. The molecule has 0 aliphatic heterocycles. The number of carbonyl (C=O) groups is 2. The number of pyridine rings is 2. The van der Waals surface area contributed by atoms with Crippen LogP contribution in [0, 0.1) is 5.82 Å². The van der Waals surface area contributed by atoms with Crippen molar-refractivity contribution in [3.63, 3.8) is 0 Å². The lowest BCUT2D eigenvalue weighted by atomic mass is 10.1. The van der Waals surface area contributed by atoms with Crippen molar-refractivity contribution in [2.75, 3.05) is 11.9 Å². The first-order chi connectivity index (χ1) is 15.9. The molecule has 2 heterocycles. The molecule has 4 aromatic rings. The second-order valence-corrected chi connectivity index (χ2v) is 6.92. The molecule has 0 saturated carbocycles. The van der Waals surface area contributed by atoms with E-state index in [0.29, 0.717) is 22.2 Å². The van der Waals surface area contributed by atoms with E-state index in [4.69, 9.17) is 9.47 Å². The van der Waals surface area contributed by atoms with Crippen molar-refractivity contribution in [1.29, 1.82) is 0 Å². The lowest BCUT2D eigenvalue weighted by Crippen LogP contribution is -2.15. The third-order valence-corrected chi connectivity index (χ3v) is 4.69. The summed E-state index contributed by atoms with van der Waals surface area (Å²) in [7, 11) is 0. The smallest absolute Gasteiger partial charge is 0.411 e. The molecular weight excluding hydrogens is 429 g/mol. The van der Waals surface area contributed by atoms with Crippen molar-refractivity contribution in [2.24, 2.45) is 0 Å². The summed E-state index contributed by atoms with van der Waals surface area (Å²) in [5, 5.41) is 2.90. The number of halogens is 1. The number of rotatable bonds is 5. The van der Waals surface area contributed by atoms with E-state index in [1.54, 1.807) is 25.1 Å². The Balaban J connectivity index is 1.75. The highest BCUT2D eigenvalue weighted by atomic mass is 19.1. The first-order valence-electron chi connectivity index (χ1n) is 9.97. The quantitative estimate of drug-likeness (QED) is 0.344. The number of aromatic nitrogens is 2. The maximum Gasteiger partial charge on any atom is 0.411 e. The third kappa shape index (κ3) is 4.87. The van der Waals surface area contributed by atoms with Gasteiger partial charge in [0.15, 0.2) is 5.43 Å². The van der Waals surface area contributed by atoms with Crippen molar-refractivity contribution >= 4 is 28.7 Å². The summed E-state index contributed by atoms with van der Waals surface area (Å²) in [5.41, 5.74) is 1.18. The van der Waals surface area contributed by atoms with E-state index < -0.39 is 17.9 Å². The van der Waals surface area contributed by atoms with Crippen molar-refractivity contribution < 1.29 is 23.5 Å². The van der Waals surface area contributed by atoms with Gasteiger partial charge in [0.05, 0.1) is 29.1 Å². The van der Waals surface area contributed by atoms with Gasteiger partial charge in [-0.05, 0) is 49.4 Å². The first-order valence-corrected chi connectivity index (χ1v) is 9.97. The molecule has 0 atom stereocenters. The molecule has 2 aromatic heterocycles. The fraction of sp³-hybridized carbons (Fsp3) is 0.0833. The number of amides is 1. The second-order valence-electron chi connectivity index (χ2n) is 6.92. The predicted octanol–water partition coefficient (Wildman–Crippen LogP) is 4.52. The summed E-state index contributed by atoms with van der Waals surface area (Å²) < 4.78 is 24.0. The Morgan fingerprint density at radius 2 is 1.97 bits per heavy atom. The van der Waals surface area contributed by atoms with Crippen LogP contribution in [0.2, 0.25) is 0 Å². The summed E-state index contributed by atoms with van der Waals surface area (Å²) >= 11 is 0. The standard InChI is InChI=1S/C24H18FN3O5/c1-2-32-24(31)28-20-11-16(33-23(30)14-4-3-9-26-13-14)6-8-17(20)21-12-22(29)18-7-5-15(25)10-19(18)27-21/h3-13H,2H2,1H3,(H,27,29)(H,28,31). The average Bonchev–Trinajstić information content (AvgIpc) is 2.79. The van der Waals surface area contributed by atoms with Crippen molar-refractivity contribution in [3.8, 4) is 17.0 Å². The molecule has 0 bridgehead atoms. The molecule has 0 aliphatic rings. The van der Waals surface area contributed by atoms with Crippen molar-refractivity contribution in [2.45, 2.75) is 6.92 Å². The Morgan fingerprint density at radius 1 is 1.12 bits per heavy atom. The maximum absolute atomic E-state index is 13.7. The predicted molar refractivity (Wildman–Crippen MR) is 120 cm³/mol. The average molecular weight is 447 g/mol. The molecule has 1 amide bonds. The number of hydrogen-bond acceptors (Lipinski definition) is 6. The van der Waals surface area contributed by atoms with Crippen LogP contribution in [0.15, 0.2) is 71.8 Å². The summed E-state index contributed by atoms with van der Waals surface area (Å²) in [4.78, 5) is 43.9. The highest BCUT2D eigenvalue weighted by Gasteiger charge is 2.15. The molecule has 4 rings (SSSR count). The van der Waals surface area contributed by atoms with Gasteiger partial charge in [-0.25, -0.2) is 14.0 Å². The fourth-order valence-corrected chi connectivity index (χ4v) is 3.22. The molecule has 2 aromatic carbocycles. The number of benzene rings is 2. The molecule has 0 aliphatic carbocycles. The van der Waals surface area contributed by atoms with Crippen LogP contribution < -0.4 is 15.5 Å². The number of nitrogens with one attached hydrogen (secondary N) is 2. The van der Waals surface area contributed by atoms with E-state index in [0.717, 1.165) is 0 Å². The zero-order chi connectivity index (χ0) is 23.4. The van der Waals surface area contributed by atoms with Crippen LogP contribution in [0.25, 0.3) is 22.2 Å². The normalized spacial score (nSPS) is 10.6. The molecule has 0 saturated heterocycles. The number of H-pyrrole nitrogens is 1. The van der Waals surface area contributed by atoms with Gasteiger partial charge in [0, 0.05) is 35.5 Å². The second kappa shape index (κ2) is 9.31. The highest BCUT2D eigenvalue weighted by molar-refractivity contribution is 5.94. The molecular formula is C24H18FN3O5. The van der Waals surface area contributed by atoms with Crippen LogP contribution in [-0.4, -0.2) is 28.6 Å². The number of fused-ring (bicyclic) bond motifs is 1. The number of carbonyl (C=O) groups excluding carboxylic acids is 2. The number of esters is 1. The Hall–Kier alpha value is -4.53. The zero-order valence-electron chi connectivity index (χ0n) is 17.4. The summed E-state index contributed by atoms with van der Waals surface area (Å²) in [6.45, 7) is 1.80. The largest absolute Gasteiger partial charge is 0.450 e. The first kappa shape index (κ1) is 21.7. The zero-order valence-corrected chi connectivity index (χ0v) is 17.4. The van der Waals surface area contributed by atoms with E-state index in [9.17, 15) is 18.8 Å². The minimum absolute atomic E-state index is 0.142. The number of ether oxygens (including phenoxy) is 2. The van der Waals surface area contributed by atoms with Crippen LogP contribution in [0.1, 0.15) is 17.3 Å². The lowest BCUT2D eigenvalue weighted by molar-refractivity contribution is 0.0734. The molecule has 0 unspecified atom stereocenters. The minimum atomic E-state index is -0.733. The van der Waals surface area contributed by atoms with E-state index in [2.05, 4.69) is 15.3 Å². The third-order valence-electron chi connectivity index (χ3n) is 4.69. The van der Waals surface area contributed by atoms with Gasteiger partial charge >= 0.3 is 12.1 Å². The van der Waals surface area contributed by atoms with Gasteiger partial charge in [-0.15, -0.1) is 0 Å². The van der Waals surface area contributed by atoms with Crippen LogP contribution in [-0.2, 0) is 4.74 Å². The number of hydrogen-bond donors (Lipinski definition) is 2. The van der Waals surface area contributed by atoms with Gasteiger partial charge in [0.25, 0.3) is 0 Å². The SMILES string of the molecule is CCOC(=O)Nc1cc(OC(=O)c2cccnc2)ccc1-c1cc(=O)c2ccc(F)cc2[nH]1. The van der Waals surface area contributed by atoms with E-state index in [1.807, 2.05) is 0 Å². The molecule has 2 N–H and O–H groups in total. The topological polar surface area (TPSA) is 110 Å². The summed E-state index contributed by atoms with van der Waals surface area (Å²) in [6.07, 6.45) is 2.17. The van der Waals surface area contributed by atoms with Gasteiger partial charge in [0.1, 0.15) is 11.6 Å². The van der Waals surface area contributed by atoms with E-state index >= 15 is 0 Å².